The van der Waals surface area contributed by atoms with E-state index in [1.54, 1.807) is 5.51 Å². The predicted molar refractivity (Wildman–Crippen MR) is 57.4 cm³/mol. The molecule has 2 heterocycles. The average Bonchev–Trinajstić information content (AvgIpc) is 2.86. The number of alkyl halides is 1. The topological polar surface area (TPSA) is 51.8 Å². The third-order valence-corrected chi connectivity index (χ3v) is 3.34. The minimum absolute atomic E-state index is 0.127. The van der Waals surface area contributed by atoms with Gasteiger partial charge in [-0.15, -0.1) is 21.5 Å². The number of nitrogens with zero attached hydrogens (tertiary/aromatic N) is 3. The molecule has 0 N–H and O–H groups in total. The first-order valence-electron chi connectivity index (χ1n) is 4.17. The summed E-state index contributed by atoms with van der Waals surface area (Å²) in [6, 6.07) is 0. The van der Waals surface area contributed by atoms with Gasteiger partial charge in [-0.3, -0.25) is 0 Å². The summed E-state index contributed by atoms with van der Waals surface area (Å²) >= 11 is 4.95. The fourth-order valence-electron chi connectivity index (χ4n) is 0.957. The molecule has 2 aromatic rings. The molecule has 0 radical (unpaired) electrons. The number of aromatic nitrogens is 3. The van der Waals surface area contributed by atoms with Crippen LogP contribution in [0.3, 0.4) is 0 Å². The van der Waals surface area contributed by atoms with Gasteiger partial charge in [0.1, 0.15) is 5.69 Å². The van der Waals surface area contributed by atoms with Crippen molar-refractivity contribution in [2.75, 3.05) is 0 Å². The van der Waals surface area contributed by atoms with Gasteiger partial charge in [0.25, 0.3) is 5.89 Å². The summed E-state index contributed by atoms with van der Waals surface area (Å²) in [5, 5.41) is 9.75. The average molecular weight is 274 g/mol. The van der Waals surface area contributed by atoms with E-state index < -0.39 is 0 Å². The highest BCUT2D eigenvalue weighted by atomic mass is 79.9. The number of halogens is 1. The molecule has 0 amide bonds. The lowest BCUT2D eigenvalue weighted by atomic mass is 10.3. The van der Waals surface area contributed by atoms with E-state index in [2.05, 4.69) is 31.1 Å². The van der Waals surface area contributed by atoms with Crippen LogP contribution in [-0.2, 0) is 0 Å². The molecule has 0 bridgehead atoms. The molecule has 0 aliphatic heterocycles. The molecule has 0 spiro atoms. The SMILES string of the molecule is CCC(Br)c1nnc(-c2cscn2)o1. The Balaban J connectivity index is 2.26. The van der Waals surface area contributed by atoms with E-state index in [4.69, 9.17) is 4.42 Å². The lowest BCUT2D eigenvalue weighted by Crippen LogP contribution is -1.86. The van der Waals surface area contributed by atoms with Crippen LogP contribution in [0.1, 0.15) is 24.1 Å². The zero-order valence-corrected chi connectivity index (χ0v) is 9.88. The minimum Gasteiger partial charge on any atom is -0.418 e. The van der Waals surface area contributed by atoms with Gasteiger partial charge in [-0.05, 0) is 6.42 Å². The lowest BCUT2D eigenvalue weighted by Gasteiger charge is -1.96. The summed E-state index contributed by atoms with van der Waals surface area (Å²) in [7, 11) is 0. The highest BCUT2D eigenvalue weighted by molar-refractivity contribution is 9.09. The van der Waals surface area contributed by atoms with E-state index in [1.165, 1.54) is 11.3 Å². The van der Waals surface area contributed by atoms with E-state index >= 15 is 0 Å². The Morgan fingerprint density at radius 1 is 1.57 bits per heavy atom. The van der Waals surface area contributed by atoms with Crippen molar-refractivity contribution in [1.82, 2.24) is 15.2 Å². The largest absolute Gasteiger partial charge is 0.418 e. The van der Waals surface area contributed by atoms with Crippen molar-refractivity contribution in [2.45, 2.75) is 18.2 Å². The van der Waals surface area contributed by atoms with Crippen LogP contribution < -0.4 is 0 Å². The van der Waals surface area contributed by atoms with E-state index in [1.807, 2.05) is 12.3 Å². The second-order valence-corrected chi connectivity index (χ2v) is 4.52. The van der Waals surface area contributed by atoms with Gasteiger partial charge in [0.15, 0.2) is 0 Å². The van der Waals surface area contributed by atoms with Crippen LogP contribution in [-0.4, -0.2) is 15.2 Å². The molecule has 1 atom stereocenters. The summed E-state index contributed by atoms with van der Waals surface area (Å²) in [5.74, 6) is 1.09. The van der Waals surface area contributed by atoms with Gasteiger partial charge in [-0.1, -0.05) is 22.9 Å². The third-order valence-electron chi connectivity index (χ3n) is 1.72. The van der Waals surface area contributed by atoms with Crippen LogP contribution in [0.25, 0.3) is 11.6 Å². The maximum Gasteiger partial charge on any atom is 0.267 e. The molecule has 74 valence electrons. The summed E-state index contributed by atoms with van der Waals surface area (Å²) < 4.78 is 5.46. The molecular weight excluding hydrogens is 266 g/mol. The van der Waals surface area contributed by atoms with Gasteiger partial charge >= 0.3 is 0 Å². The molecule has 14 heavy (non-hydrogen) atoms. The van der Waals surface area contributed by atoms with E-state index in [0.717, 1.165) is 12.1 Å². The van der Waals surface area contributed by atoms with Gasteiger partial charge in [0.05, 0.1) is 10.3 Å². The van der Waals surface area contributed by atoms with Gasteiger partial charge in [-0.25, -0.2) is 4.98 Å². The minimum atomic E-state index is 0.127. The van der Waals surface area contributed by atoms with Gasteiger partial charge in [0, 0.05) is 5.38 Å². The second kappa shape index (κ2) is 4.18. The number of thiazole rings is 1. The molecule has 2 rings (SSSR count). The molecule has 2 aromatic heterocycles. The Bertz CT molecular complexity index is 400. The summed E-state index contributed by atoms with van der Waals surface area (Å²) in [6.45, 7) is 2.05. The van der Waals surface area contributed by atoms with Crippen LogP contribution in [0.2, 0.25) is 0 Å². The number of rotatable bonds is 3. The fraction of sp³-hybridized carbons (Fsp3) is 0.375. The molecular formula is C8H8BrN3OS. The number of hydrogen-bond donors (Lipinski definition) is 0. The zero-order valence-electron chi connectivity index (χ0n) is 7.48. The molecule has 0 saturated carbocycles. The Hall–Kier alpha value is -0.750. The zero-order chi connectivity index (χ0) is 9.97. The first kappa shape index (κ1) is 9.79. The van der Waals surface area contributed by atoms with Crippen molar-refractivity contribution in [3.63, 3.8) is 0 Å². The Kier molecular flexibility index (Phi) is 2.93. The molecule has 6 heteroatoms. The first-order valence-corrected chi connectivity index (χ1v) is 6.03. The first-order chi connectivity index (χ1) is 6.81. The molecule has 0 saturated heterocycles. The summed E-state index contributed by atoms with van der Waals surface area (Å²) in [4.78, 5) is 4.22. The van der Waals surface area contributed by atoms with Crippen molar-refractivity contribution in [1.29, 1.82) is 0 Å². The molecule has 0 aliphatic carbocycles. The van der Waals surface area contributed by atoms with Crippen LogP contribution in [0.15, 0.2) is 15.3 Å². The summed E-state index contributed by atoms with van der Waals surface area (Å²) in [6.07, 6.45) is 0.915. The predicted octanol–water partition coefficient (Wildman–Crippen LogP) is 3.04. The Morgan fingerprint density at radius 2 is 2.43 bits per heavy atom. The van der Waals surface area contributed by atoms with Crippen molar-refractivity contribution in [3.8, 4) is 11.6 Å². The molecule has 0 aromatic carbocycles. The molecule has 4 nitrogen and oxygen atoms in total. The molecule has 0 aliphatic rings. The van der Waals surface area contributed by atoms with Crippen molar-refractivity contribution in [2.24, 2.45) is 0 Å². The third kappa shape index (κ3) is 1.85. The normalized spacial score (nSPS) is 13.0. The van der Waals surface area contributed by atoms with Crippen molar-refractivity contribution >= 4 is 27.3 Å². The summed E-state index contributed by atoms with van der Waals surface area (Å²) in [5.41, 5.74) is 2.48. The van der Waals surface area contributed by atoms with Crippen LogP contribution >= 0.6 is 27.3 Å². The van der Waals surface area contributed by atoms with Crippen molar-refractivity contribution < 1.29 is 4.42 Å². The Morgan fingerprint density at radius 3 is 3.07 bits per heavy atom. The molecule has 0 fully saturated rings. The maximum atomic E-state index is 5.46. The standard InChI is InChI=1S/C8H8BrN3OS/c1-2-5(9)7-11-12-8(13-7)6-3-14-4-10-6/h3-5H,2H2,1H3. The van der Waals surface area contributed by atoms with Crippen LogP contribution in [0, 0.1) is 0 Å². The highest BCUT2D eigenvalue weighted by Gasteiger charge is 2.15. The van der Waals surface area contributed by atoms with Gasteiger partial charge in [0.2, 0.25) is 5.89 Å². The number of hydrogen-bond acceptors (Lipinski definition) is 5. The van der Waals surface area contributed by atoms with Crippen LogP contribution in [0.5, 0.6) is 0 Å². The van der Waals surface area contributed by atoms with E-state index in [0.29, 0.717) is 11.8 Å². The van der Waals surface area contributed by atoms with E-state index in [9.17, 15) is 0 Å². The quantitative estimate of drug-likeness (QED) is 0.807. The monoisotopic (exact) mass is 273 g/mol. The lowest BCUT2D eigenvalue weighted by molar-refractivity contribution is 0.499. The molecule has 1 unspecified atom stereocenters. The maximum absolute atomic E-state index is 5.46. The van der Waals surface area contributed by atoms with E-state index in [-0.39, 0.29) is 4.83 Å². The smallest absolute Gasteiger partial charge is 0.267 e. The van der Waals surface area contributed by atoms with Gasteiger partial charge < -0.3 is 4.42 Å². The van der Waals surface area contributed by atoms with Crippen molar-refractivity contribution in [3.05, 3.63) is 16.8 Å². The fourth-order valence-corrected chi connectivity index (χ4v) is 1.67. The van der Waals surface area contributed by atoms with Crippen LogP contribution in [0.4, 0.5) is 0 Å². The second-order valence-electron chi connectivity index (χ2n) is 2.69. The van der Waals surface area contributed by atoms with Gasteiger partial charge in [-0.2, -0.15) is 0 Å². The highest BCUT2D eigenvalue weighted by Crippen LogP contribution is 2.27. The Labute approximate surface area is 93.5 Å².